The number of hydrogen-bond donors (Lipinski definition) is 1. The van der Waals surface area contributed by atoms with Crippen LogP contribution < -0.4 is 5.32 Å². The fourth-order valence-electron chi connectivity index (χ4n) is 3.03. The van der Waals surface area contributed by atoms with Gasteiger partial charge >= 0.3 is 0 Å². The molecule has 0 radical (unpaired) electrons. The molecule has 0 atom stereocenters. The predicted molar refractivity (Wildman–Crippen MR) is 124 cm³/mol. The molecule has 0 spiro atoms. The van der Waals surface area contributed by atoms with Gasteiger partial charge in [0.2, 0.25) is 11.8 Å². The minimum atomic E-state index is -3.67. The van der Waals surface area contributed by atoms with Crippen molar-refractivity contribution < 1.29 is 17.6 Å². The number of amides is 1. The van der Waals surface area contributed by atoms with Crippen LogP contribution in [0.15, 0.2) is 57.8 Å². The lowest BCUT2D eigenvalue weighted by molar-refractivity contribution is -0.118. The number of aromatic nitrogens is 1. The van der Waals surface area contributed by atoms with Gasteiger partial charge in [-0.3, -0.25) is 4.79 Å². The fraction of sp³-hybridized carbons (Fsp3) is 0.304. The minimum absolute atomic E-state index is 0.331. The summed E-state index contributed by atoms with van der Waals surface area (Å²) in [6.07, 6.45) is 2.66. The van der Waals surface area contributed by atoms with E-state index in [0.29, 0.717) is 30.3 Å². The number of sulfone groups is 1. The molecule has 1 N–H and O–H groups in total. The third kappa shape index (κ3) is 6.70. The molecule has 0 saturated carbocycles. The summed E-state index contributed by atoms with van der Waals surface area (Å²) in [6, 6.07) is 15.7. The van der Waals surface area contributed by atoms with Gasteiger partial charge in [0, 0.05) is 17.0 Å². The van der Waals surface area contributed by atoms with Gasteiger partial charge < -0.3 is 9.73 Å². The summed E-state index contributed by atoms with van der Waals surface area (Å²) in [7, 11) is -3.67. The van der Waals surface area contributed by atoms with Crippen molar-refractivity contribution in [2.75, 3.05) is 18.6 Å². The van der Waals surface area contributed by atoms with Crippen LogP contribution in [-0.2, 0) is 26.8 Å². The van der Waals surface area contributed by atoms with Crippen LogP contribution in [0.2, 0.25) is 0 Å². The standard InChI is InChI=1S/C23H26N2O4S2/c1-16-4-8-19(9-5-16)23-25-21(17(2)29-23)14-31(27,28)15-22(26)24-13-12-18-6-10-20(30-3)11-7-18/h4-11H,12-15H2,1-3H3,(H,24,26). The number of oxazole rings is 1. The molecule has 164 valence electrons. The summed E-state index contributed by atoms with van der Waals surface area (Å²) in [4.78, 5) is 17.7. The molecule has 0 aliphatic carbocycles. The molecular formula is C23H26N2O4S2. The largest absolute Gasteiger partial charge is 0.441 e. The van der Waals surface area contributed by atoms with E-state index >= 15 is 0 Å². The van der Waals surface area contributed by atoms with E-state index in [-0.39, 0.29) is 5.75 Å². The minimum Gasteiger partial charge on any atom is -0.441 e. The van der Waals surface area contributed by atoms with Gasteiger partial charge in [-0.2, -0.15) is 0 Å². The number of carbonyl (C=O) groups excluding carboxylic acids is 1. The molecular weight excluding hydrogens is 432 g/mol. The first-order chi connectivity index (χ1) is 14.8. The van der Waals surface area contributed by atoms with Crippen LogP contribution in [0.5, 0.6) is 0 Å². The SMILES string of the molecule is CSc1ccc(CCNC(=O)CS(=O)(=O)Cc2nc(-c3ccc(C)cc3)oc2C)cc1. The van der Waals surface area contributed by atoms with Crippen LogP contribution in [0.1, 0.15) is 22.6 Å². The van der Waals surface area contributed by atoms with Gasteiger partial charge in [0.05, 0.1) is 11.4 Å². The van der Waals surface area contributed by atoms with Gasteiger partial charge in [-0.05, 0) is 56.4 Å². The second-order valence-electron chi connectivity index (χ2n) is 7.37. The van der Waals surface area contributed by atoms with E-state index in [2.05, 4.69) is 10.3 Å². The lowest BCUT2D eigenvalue weighted by Gasteiger charge is -2.06. The Bertz CT molecular complexity index is 1140. The van der Waals surface area contributed by atoms with Crippen molar-refractivity contribution in [2.24, 2.45) is 0 Å². The van der Waals surface area contributed by atoms with E-state index in [1.165, 1.54) is 4.90 Å². The summed E-state index contributed by atoms with van der Waals surface area (Å²) < 4.78 is 30.7. The second-order valence-corrected chi connectivity index (χ2v) is 10.3. The number of hydrogen-bond acceptors (Lipinski definition) is 6. The summed E-state index contributed by atoms with van der Waals surface area (Å²) in [6.45, 7) is 4.04. The maximum absolute atomic E-state index is 12.5. The molecule has 0 bridgehead atoms. The van der Waals surface area contributed by atoms with E-state index in [0.717, 1.165) is 16.7 Å². The molecule has 0 aliphatic heterocycles. The van der Waals surface area contributed by atoms with Crippen molar-refractivity contribution in [3.8, 4) is 11.5 Å². The number of nitrogens with one attached hydrogen (secondary N) is 1. The lowest BCUT2D eigenvalue weighted by Crippen LogP contribution is -2.32. The summed E-state index contributed by atoms with van der Waals surface area (Å²) >= 11 is 1.67. The van der Waals surface area contributed by atoms with Gasteiger partial charge in [-0.25, -0.2) is 13.4 Å². The number of aryl methyl sites for hydroxylation is 2. The first kappa shape index (κ1) is 23.1. The summed E-state index contributed by atoms with van der Waals surface area (Å²) in [5.41, 5.74) is 3.30. The molecule has 1 aromatic heterocycles. The first-order valence-electron chi connectivity index (χ1n) is 9.89. The van der Waals surface area contributed by atoms with Gasteiger partial charge in [0.25, 0.3) is 0 Å². The molecule has 8 heteroatoms. The predicted octanol–water partition coefficient (Wildman–Crippen LogP) is 3.95. The van der Waals surface area contributed by atoms with Crippen LogP contribution in [0.25, 0.3) is 11.5 Å². The Balaban J connectivity index is 1.54. The topological polar surface area (TPSA) is 89.3 Å². The molecule has 3 aromatic rings. The average Bonchev–Trinajstić information content (AvgIpc) is 3.08. The quantitative estimate of drug-likeness (QED) is 0.488. The maximum Gasteiger partial charge on any atom is 0.235 e. The summed E-state index contributed by atoms with van der Waals surface area (Å²) in [5.74, 6) is -0.615. The highest BCUT2D eigenvalue weighted by molar-refractivity contribution is 7.98. The van der Waals surface area contributed by atoms with Gasteiger partial charge in [0.15, 0.2) is 9.84 Å². The fourth-order valence-corrected chi connectivity index (χ4v) is 4.73. The molecule has 2 aromatic carbocycles. The zero-order valence-corrected chi connectivity index (χ0v) is 19.5. The molecule has 1 heterocycles. The van der Waals surface area contributed by atoms with Crippen LogP contribution in [-0.4, -0.2) is 37.9 Å². The van der Waals surface area contributed by atoms with Crippen molar-refractivity contribution in [2.45, 2.75) is 30.9 Å². The Morgan fingerprint density at radius 3 is 2.39 bits per heavy atom. The molecule has 0 fully saturated rings. The third-order valence-corrected chi connectivity index (χ3v) is 6.95. The summed E-state index contributed by atoms with van der Waals surface area (Å²) in [5, 5.41) is 2.69. The molecule has 0 saturated heterocycles. The van der Waals surface area contributed by atoms with E-state index in [9.17, 15) is 13.2 Å². The molecule has 6 nitrogen and oxygen atoms in total. The van der Waals surface area contributed by atoms with Gasteiger partial charge in [0.1, 0.15) is 11.5 Å². The van der Waals surface area contributed by atoms with Crippen LogP contribution in [0.4, 0.5) is 0 Å². The Morgan fingerprint density at radius 1 is 1.06 bits per heavy atom. The lowest BCUT2D eigenvalue weighted by atomic mass is 10.1. The Morgan fingerprint density at radius 2 is 1.74 bits per heavy atom. The highest BCUT2D eigenvalue weighted by Gasteiger charge is 2.22. The number of benzene rings is 2. The van der Waals surface area contributed by atoms with Crippen molar-refractivity contribution in [1.82, 2.24) is 10.3 Å². The second kappa shape index (κ2) is 10.2. The maximum atomic E-state index is 12.5. The molecule has 31 heavy (non-hydrogen) atoms. The van der Waals surface area contributed by atoms with Crippen LogP contribution in [0.3, 0.4) is 0 Å². The van der Waals surface area contributed by atoms with E-state index in [4.69, 9.17) is 4.42 Å². The normalized spacial score (nSPS) is 11.5. The van der Waals surface area contributed by atoms with Crippen molar-refractivity contribution in [3.05, 3.63) is 71.1 Å². The number of rotatable bonds is 9. The monoisotopic (exact) mass is 458 g/mol. The van der Waals surface area contributed by atoms with Crippen molar-refractivity contribution in [1.29, 1.82) is 0 Å². The highest BCUT2D eigenvalue weighted by Crippen LogP contribution is 2.23. The van der Waals surface area contributed by atoms with E-state index < -0.39 is 21.5 Å². The van der Waals surface area contributed by atoms with Crippen molar-refractivity contribution in [3.63, 3.8) is 0 Å². The third-order valence-electron chi connectivity index (χ3n) is 4.79. The molecule has 3 rings (SSSR count). The smallest absolute Gasteiger partial charge is 0.235 e. The Hall–Kier alpha value is -2.58. The average molecular weight is 459 g/mol. The van der Waals surface area contributed by atoms with Gasteiger partial charge in [-0.1, -0.05) is 29.8 Å². The van der Waals surface area contributed by atoms with Crippen molar-refractivity contribution >= 4 is 27.5 Å². The molecule has 0 aliphatic rings. The number of nitrogens with zero attached hydrogens (tertiary/aromatic N) is 1. The first-order valence-corrected chi connectivity index (χ1v) is 12.9. The number of thioether (sulfide) groups is 1. The number of carbonyl (C=O) groups is 1. The van der Waals surface area contributed by atoms with Crippen LogP contribution in [0, 0.1) is 13.8 Å². The van der Waals surface area contributed by atoms with Gasteiger partial charge in [-0.15, -0.1) is 11.8 Å². The van der Waals surface area contributed by atoms with E-state index in [1.807, 2.05) is 61.7 Å². The zero-order valence-electron chi connectivity index (χ0n) is 17.8. The Labute approximate surface area is 187 Å². The highest BCUT2D eigenvalue weighted by atomic mass is 32.2. The van der Waals surface area contributed by atoms with Crippen LogP contribution >= 0.6 is 11.8 Å². The molecule has 0 unspecified atom stereocenters. The molecule has 1 amide bonds. The zero-order chi connectivity index (χ0) is 22.4. The van der Waals surface area contributed by atoms with E-state index in [1.54, 1.807) is 18.7 Å². The Kier molecular flexibility index (Phi) is 7.56.